The Hall–Kier alpha value is -3.00. The van der Waals surface area contributed by atoms with Gasteiger partial charge in [0, 0.05) is 27.9 Å². The van der Waals surface area contributed by atoms with Crippen LogP contribution in [0.5, 0.6) is 5.75 Å². The molecule has 0 unspecified atom stereocenters. The predicted molar refractivity (Wildman–Crippen MR) is 140 cm³/mol. The maximum atomic E-state index is 11.6. The van der Waals surface area contributed by atoms with Crippen molar-refractivity contribution in [1.82, 2.24) is 9.62 Å². The fourth-order valence-corrected chi connectivity index (χ4v) is 2.34. The SMILES string of the molecule is C=NSNC(C)=NCc1ccccc1.CC(C)C.CNc1cccc(C(=O)N(C)C)c1O. The minimum Gasteiger partial charge on any atom is -0.505 e. The zero-order valence-corrected chi connectivity index (χ0v) is 21.0. The minimum absolute atomic E-state index is 0.00583. The lowest BCUT2D eigenvalue weighted by molar-refractivity contribution is 0.0824. The number of aromatic hydroxyl groups is 1. The molecule has 0 atom stereocenters. The summed E-state index contributed by atoms with van der Waals surface area (Å²) in [6, 6.07) is 15.1. The topological polar surface area (TPSA) is 89.3 Å². The van der Waals surface area contributed by atoms with Crippen LogP contribution in [0.3, 0.4) is 0 Å². The van der Waals surface area contributed by atoms with Gasteiger partial charge >= 0.3 is 0 Å². The molecule has 0 spiro atoms. The van der Waals surface area contributed by atoms with E-state index in [1.165, 1.54) is 22.6 Å². The van der Waals surface area contributed by atoms with Crippen LogP contribution in [0.25, 0.3) is 0 Å². The smallest absolute Gasteiger partial charge is 0.257 e. The van der Waals surface area contributed by atoms with E-state index in [-0.39, 0.29) is 11.7 Å². The molecule has 0 bridgehead atoms. The van der Waals surface area contributed by atoms with E-state index in [2.05, 4.69) is 59.1 Å². The van der Waals surface area contributed by atoms with Crippen LogP contribution in [0.15, 0.2) is 57.9 Å². The molecule has 0 saturated carbocycles. The lowest BCUT2D eigenvalue weighted by atomic mass is 10.1. The van der Waals surface area contributed by atoms with Crippen molar-refractivity contribution in [2.45, 2.75) is 34.2 Å². The molecule has 8 heteroatoms. The van der Waals surface area contributed by atoms with E-state index < -0.39 is 0 Å². The molecule has 2 rings (SSSR count). The molecule has 2 aromatic rings. The second-order valence-corrected chi connectivity index (χ2v) is 8.24. The molecule has 32 heavy (non-hydrogen) atoms. The van der Waals surface area contributed by atoms with Gasteiger partial charge in [0.15, 0.2) is 5.75 Å². The number of hydrogen-bond acceptors (Lipinski definition) is 6. The Balaban J connectivity index is 0.000000515. The van der Waals surface area contributed by atoms with Crippen molar-refractivity contribution in [2.75, 3.05) is 26.5 Å². The van der Waals surface area contributed by atoms with Crippen molar-refractivity contribution in [3.63, 3.8) is 0 Å². The largest absolute Gasteiger partial charge is 0.505 e. The molecule has 0 aromatic heterocycles. The standard InChI is InChI=1S/C10H13N3S.C10H14N2O2.C4H10/c1-9(13-14-11-2)12-8-10-6-4-3-5-7-10;1-11-8-6-4-5-7(9(8)13)10(14)12(2)3;1-4(2)3/h3-7H,2,8H2,1H3,(H,12,13);4-6,11,13H,1-3H3;4H,1-3H3. The van der Waals surface area contributed by atoms with E-state index in [4.69, 9.17) is 0 Å². The van der Waals surface area contributed by atoms with Crippen LogP contribution in [0.2, 0.25) is 0 Å². The number of phenolic OH excluding ortho intramolecular Hbond substituents is 1. The summed E-state index contributed by atoms with van der Waals surface area (Å²) in [5.74, 6) is 1.47. The van der Waals surface area contributed by atoms with E-state index in [1.807, 2.05) is 25.1 Å². The molecule has 0 aliphatic carbocycles. The molecule has 176 valence electrons. The van der Waals surface area contributed by atoms with Crippen LogP contribution in [-0.4, -0.2) is 49.6 Å². The van der Waals surface area contributed by atoms with E-state index >= 15 is 0 Å². The maximum Gasteiger partial charge on any atom is 0.257 e. The summed E-state index contributed by atoms with van der Waals surface area (Å²) in [6.45, 7) is 12.4. The van der Waals surface area contributed by atoms with Crippen molar-refractivity contribution < 1.29 is 9.90 Å². The summed E-state index contributed by atoms with van der Waals surface area (Å²) < 4.78 is 6.55. The fourth-order valence-electron chi connectivity index (χ4n) is 2.08. The third-order valence-corrected chi connectivity index (χ3v) is 4.06. The van der Waals surface area contributed by atoms with Crippen molar-refractivity contribution in [3.8, 4) is 5.75 Å². The number of carbonyl (C=O) groups is 1. The van der Waals surface area contributed by atoms with Crippen LogP contribution in [0.1, 0.15) is 43.6 Å². The number of amidine groups is 1. The number of carbonyl (C=O) groups excluding carboxylic acids is 1. The van der Waals surface area contributed by atoms with Crippen LogP contribution < -0.4 is 10.0 Å². The van der Waals surface area contributed by atoms with Gasteiger partial charge in [0.1, 0.15) is 5.84 Å². The highest BCUT2D eigenvalue weighted by Gasteiger charge is 2.14. The summed E-state index contributed by atoms with van der Waals surface area (Å²) in [7, 11) is 4.99. The highest BCUT2D eigenvalue weighted by Crippen LogP contribution is 2.27. The fraction of sp³-hybridized carbons (Fsp3) is 0.375. The third-order valence-electron chi connectivity index (χ3n) is 3.54. The van der Waals surface area contributed by atoms with Crippen molar-refractivity contribution in [1.29, 1.82) is 0 Å². The van der Waals surface area contributed by atoms with E-state index in [1.54, 1.807) is 39.3 Å². The summed E-state index contributed by atoms with van der Waals surface area (Å²) in [5.41, 5.74) is 2.06. The third kappa shape index (κ3) is 12.6. The quantitative estimate of drug-likeness (QED) is 0.237. The molecule has 2 aromatic carbocycles. The number of phenols is 1. The van der Waals surface area contributed by atoms with Gasteiger partial charge in [0.2, 0.25) is 0 Å². The Bertz CT molecular complexity index is 837. The number of para-hydroxylation sites is 1. The second kappa shape index (κ2) is 16.7. The highest BCUT2D eigenvalue weighted by molar-refractivity contribution is 7.96. The number of anilines is 1. The number of nitrogens with one attached hydrogen (secondary N) is 2. The second-order valence-electron chi connectivity index (χ2n) is 7.59. The Morgan fingerprint density at radius 2 is 1.72 bits per heavy atom. The summed E-state index contributed by atoms with van der Waals surface area (Å²) >= 11 is 1.18. The molecule has 0 fully saturated rings. The minimum atomic E-state index is -0.209. The molecule has 0 heterocycles. The van der Waals surface area contributed by atoms with Gasteiger partial charge in [-0.25, -0.2) is 4.40 Å². The van der Waals surface area contributed by atoms with Crippen LogP contribution in [0.4, 0.5) is 5.69 Å². The molecule has 0 saturated heterocycles. The van der Waals surface area contributed by atoms with Gasteiger partial charge < -0.3 is 15.3 Å². The highest BCUT2D eigenvalue weighted by atomic mass is 32.2. The van der Waals surface area contributed by atoms with E-state index in [0.717, 1.165) is 11.8 Å². The predicted octanol–water partition coefficient (Wildman–Crippen LogP) is 5.26. The molecular formula is C24H37N5O2S. The summed E-state index contributed by atoms with van der Waals surface area (Å²) in [4.78, 5) is 17.3. The van der Waals surface area contributed by atoms with Crippen molar-refractivity contribution in [2.24, 2.45) is 15.3 Å². The van der Waals surface area contributed by atoms with Gasteiger partial charge in [0.25, 0.3) is 5.91 Å². The van der Waals surface area contributed by atoms with Crippen LogP contribution in [-0.2, 0) is 6.54 Å². The molecule has 1 amide bonds. The number of amides is 1. The Morgan fingerprint density at radius 3 is 2.22 bits per heavy atom. The Morgan fingerprint density at radius 1 is 1.12 bits per heavy atom. The molecule has 0 aliphatic heterocycles. The zero-order valence-electron chi connectivity index (χ0n) is 20.2. The van der Waals surface area contributed by atoms with Gasteiger partial charge in [-0.15, -0.1) is 0 Å². The Labute approximate surface area is 197 Å². The first kappa shape index (κ1) is 29.0. The van der Waals surface area contributed by atoms with Crippen LogP contribution in [0, 0.1) is 5.92 Å². The summed E-state index contributed by atoms with van der Waals surface area (Å²) in [5, 5.41) is 12.5. The average molecular weight is 460 g/mol. The molecule has 7 nitrogen and oxygen atoms in total. The van der Waals surface area contributed by atoms with Crippen LogP contribution >= 0.6 is 12.1 Å². The monoisotopic (exact) mass is 459 g/mol. The average Bonchev–Trinajstić information content (AvgIpc) is 2.76. The molecular weight excluding hydrogens is 422 g/mol. The first-order valence-corrected chi connectivity index (χ1v) is 11.1. The molecule has 0 aliphatic rings. The van der Waals surface area contributed by atoms with E-state index in [0.29, 0.717) is 17.8 Å². The molecule has 3 N–H and O–H groups in total. The lowest BCUT2D eigenvalue weighted by Crippen LogP contribution is -2.21. The van der Waals surface area contributed by atoms with Gasteiger partial charge in [-0.3, -0.25) is 14.5 Å². The number of benzene rings is 2. The molecule has 0 radical (unpaired) electrons. The first-order valence-electron chi connectivity index (χ1n) is 10.3. The van der Waals surface area contributed by atoms with Gasteiger partial charge in [-0.05, 0) is 30.5 Å². The van der Waals surface area contributed by atoms with Gasteiger partial charge in [-0.1, -0.05) is 57.2 Å². The first-order chi connectivity index (χ1) is 15.1. The van der Waals surface area contributed by atoms with Gasteiger partial charge in [0.05, 0.1) is 29.9 Å². The zero-order chi connectivity index (χ0) is 24.5. The number of aliphatic imine (C=N–C) groups is 1. The van der Waals surface area contributed by atoms with Crippen molar-refractivity contribution in [3.05, 3.63) is 59.7 Å². The van der Waals surface area contributed by atoms with Crippen molar-refractivity contribution >= 4 is 36.3 Å². The van der Waals surface area contributed by atoms with E-state index in [9.17, 15) is 9.90 Å². The van der Waals surface area contributed by atoms with Gasteiger partial charge in [-0.2, -0.15) is 0 Å². The number of nitrogens with zero attached hydrogens (tertiary/aromatic N) is 3. The maximum absolute atomic E-state index is 11.6. The Kier molecular flexibility index (Phi) is 15.1. The number of rotatable bonds is 6. The lowest BCUT2D eigenvalue weighted by Gasteiger charge is -2.13. The summed E-state index contributed by atoms with van der Waals surface area (Å²) in [6.07, 6.45) is 0. The number of hydrogen-bond donors (Lipinski definition) is 3. The normalized spacial score (nSPS) is 10.2.